The third-order valence-corrected chi connectivity index (χ3v) is 9.20. The summed E-state index contributed by atoms with van der Waals surface area (Å²) in [5.74, 6) is -0.457. The number of ether oxygens (including phenoxy) is 3. The number of fused-ring (bicyclic) bond motifs is 1. The molecule has 234 valence electrons. The Labute approximate surface area is 253 Å². The molecule has 1 amide bonds. The first-order valence-electron chi connectivity index (χ1n) is 15.4. The lowest BCUT2D eigenvalue weighted by Crippen LogP contribution is -2.37. The number of unbranched alkanes of at least 4 members (excludes halogenated alkanes) is 2. The van der Waals surface area contributed by atoms with Gasteiger partial charge in [0.05, 0.1) is 36.0 Å². The standard InChI is InChI=1S/C33H45N3O7/c1-7-33(31(39)40)19-22(33)13-11-9-10-12-16-36(5)30(38)26-18-23(17-25(26)21(4)37)43-29-24-14-15-27(41-6)20(3)28(24)34-32(35-29)42-8-2/h11,13-15,22-23,25-26H,7-10,12,16-19H2,1-6H3,(H,39,40)/b13-11-/t22-,23-,25+,26-,33+/m1/s1. The number of carboxylic acids is 1. The summed E-state index contributed by atoms with van der Waals surface area (Å²) in [6.45, 7) is 8.23. The summed E-state index contributed by atoms with van der Waals surface area (Å²) in [5, 5.41) is 10.2. The average Bonchev–Trinajstić information content (AvgIpc) is 3.56. The van der Waals surface area contributed by atoms with Crippen molar-refractivity contribution in [2.45, 2.75) is 78.7 Å². The third kappa shape index (κ3) is 6.94. The van der Waals surface area contributed by atoms with Crippen LogP contribution in [0.1, 0.15) is 71.3 Å². The minimum Gasteiger partial charge on any atom is -0.496 e. The maximum atomic E-state index is 13.5. The molecule has 5 atom stereocenters. The SMILES string of the molecule is CCOc1nc(O[C@@H]2C[C@@H](C(C)=O)[C@H](C(=O)N(C)CCCC/C=C\[C@@H]3C[C@]3(CC)C(=O)O)C2)c2ccc(OC)c(C)c2n1. The van der Waals surface area contributed by atoms with E-state index in [1.807, 2.05) is 39.0 Å². The van der Waals surface area contributed by atoms with Crippen LogP contribution in [0.3, 0.4) is 0 Å². The summed E-state index contributed by atoms with van der Waals surface area (Å²) in [5.41, 5.74) is 0.936. The molecule has 2 aliphatic carbocycles. The van der Waals surface area contributed by atoms with Gasteiger partial charge in [-0.2, -0.15) is 9.97 Å². The van der Waals surface area contributed by atoms with Gasteiger partial charge in [-0.1, -0.05) is 19.1 Å². The largest absolute Gasteiger partial charge is 0.496 e. The van der Waals surface area contributed by atoms with Gasteiger partial charge in [-0.15, -0.1) is 0 Å². The number of carbonyl (C=O) groups is 3. The molecule has 2 saturated carbocycles. The minimum absolute atomic E-state index is 0.0179. The fourth-order valence-electron chi connectivity index (χ4n) is 6.39. The first-order valence-corrected chi connectivity index (χ1v) is 15.4. The number of carboxylic acid groups (broad SMARTS) is 1. The van der Waals surface area contributed by atoms with Crippen LogP contribution in [0.15, 0.2) is 24.3 Å². The summed E-state index contributed by atoms with van der Waals surface area (Å²) in [6, 6.07) is 3.90. The van der Waals surface area contributed by atoms with Crippen molar-refractivity contribution in [3.63, 3.8) is 0 Å². The van der Waals surface area contributed by atoms with Crippen molar-refractivity contribution in [2.75, 3.05) is 27.3 Å². The molecule has 1 aromatic heterocycles. The molecule has 1 aromatic carbocycles. The van der Waals surface area contributed by atoms with Gasteiger partial charge < -0.3 is 24.2 Å². The molecule has 1 heterocycles. The van der Waals surface area contributed by atoms with Gasteiger partial charge in [0.15, 0.2) is 0 Å². The highest BCUT2D eigenvalue weighted by molar-refractivity contribution is 5.89. The van der Waals surface area contributed by atoms with Crippen molar-refractivity contribution in [3.8, 4) is 17.6 Å². The monoisotopic (exact) mass is 595 g/mol. The normalized spacial score (nSPS) is 24.7. The zero-order chi connectivity index (χ0) is 31.3. The van der Waals surface area contributed by atoms with Crippen LogP contribution in [0.4, 0.5) is 0 Å². The Balaban J connectivity index is 1.36. The van der Waals surface area contributed by atoms with Crippen LogP contribution in [-0.2, 0) is 14.4 Å². The second-order valence-electron chi connectivity index (χ2n) is 11.9. The zero-order valence-corrected chi connectivity index (χ0v) is 26.2. The van der Waals surface area contributed by atoms with Crippen molar-refractivity contribution in [3.05, 3.63) is 29.8 Å². The Morgan fingerprint density at radius 1 is 1.14 bits per heavy atom. The number of Topliss-reactive ketones (excluding diaryl/α,β-unsaturated/α-hetero) is 1. The lowest BCUT2D eigenvalue weighted by Gasteiger charge is -2.23. The average molecular weight is 596 g/mol. The van der Waals surface area contributed by atoms with E-state index in [-0.39, 0.29) is 29.7 Å². The van der Waals surface area contributed by atoms with E-state index in [1.54, 1.807) is 26.0 Å². The maximum Gasteiger partial charge on any atom is 0.320 e. The lowest BCUT2D eigenvalue weighted by molar-refractivity contribution is -0.143. The molecule has 0 bridgehead atoms. The number of benzene rings is 1. The highest BCUT2D eigenvalue weighted by atomic mass is 16.5. The fraction of sp³-hybridized carbons (Fsp3) is 0.606. The number of hydrogen-bond donors (Lipinski definition) is 1. The van der Waals surface area contributed by atoms with Gasteiger partial charge in [-0.3, -0.25) is 14.4 Å². The molecule has 10 nitrogen and oxygen atoms in total. The molecule has 2 fully saturated rings. The van der Waals surface area contributed by atoms with Crippen molar-refractivity contribution in [1.29, 1.82) is 0 Å². The van der Waals surface area contributed by atoms with Crippen LogP contribution in [0.25, 0.3) is 10.9 Å². The van der Waals surface area contributed by atoms with Crippen LogP contribution >= 0.6 is 0 Å². The molecule has 1 N–H and O–H groups in total. The fourth-order valence-corrected chi connectivity index (χ4v) is 6.39. The molecule has 0 radical (unpaired) electrons. The van der Waals surface area contributed by atoms with E-state index < -0.39 is 23.2 Å². The van der Waals surface area contributed by atoms with E-state index in [9.17, 15) is 19.5 Å². The predicted octanol–water partition coefficient (Wildman–Crippen LogP) is 5.39. The van der Waals surface area contributed by atoms with Crippen LogP contribution in [0.5, 0.6) is 17.6 Å². The Hall–Kier alpha value is -3.69. The molecular formula is C33H45N3O7. The number of aryl methyl sites for hydroxylation is 1. The molecule has 4 rings (SSSR count). The highest BCUT2D eigenvalue weighted by Crippen LogP contribution is 2.56. The number of carbonyl (C=O) groups excluding carboxylic acids is 2. The topological polar surface area (TPSA) is 128 Å². The van der Waals surface area contributed by atoms with Gasteiger partial charge in [-0.25, -0.2) is 0 Å². The maximum absolute atomic E-state index is 13.5. The summed E-state index contributed by atoms with van der Waals surface area (Å²) < 4.78 is 17.5. The molecule has 0 spiro atoms. The Kier molecular flexibility index (Phi) is 10.3. The predicted molar refractivity (Wildman–Crippen MR) is 162 cm³/mol. The minimum atomic E-state index is -0.704. The van der Waals surface area contributed by atoms with Crippen LogP contribution in [0.2, 0.25) is 0 Å². The molecule has 0 saturated heterocycles. The van der Waals surface area contributed by atoms with Crippen LogP contribution in [0, 0.1) is 30.1 Å². The molecule has 0 unspecified atom stereocenters. The second kappa shape index (κ2) is 13.7. The van der Waals surface area contributed by atoms with Crippen molar-refractivity contribution < 1.29 is 33.7 Å². The second-order valence-corrected chi connectivity index (χ2v) is 11.9. The number of rotatable bonds is 15. The van der Waals surface area contributed by atoms with E-state index in [4.69, 9.17) is 14.2 Å². The van der Waals surface area contributed by atoms with Gasteiger partial charge in [0.1, 0.15) is 17.6 Å². The summed E-state index contributed by atoms with van der Waals surface area (Å²) in [7, 11) is 3.40. The van der Waals surface area contributed by atoms with E-state index in [0.29, 0.717) is 61.4 Å². The highest BCUT2D eigenvalue weighted by Gasteiger charge is 2.57. The van der Waals surface area contributed by atoms with Gasteiger partial charge in [-0.05, 0) is 83.8 Å². The number of amides is 1. The molecular weight excluding hydrogens is 550 g/mol. The van der Waals surface area contributed by atoms with Crippen LogP contribution in [-0.4, -0.2) is 71.0 Å². The first kappa shape index (κ1) is 32.2. The number of aromatic nitrogens is 2. The molecule has 2 aromatic rings. The third-order valence-electron chi connectivity index (χ3n) is 9.20. The van der Waals surface area contributed by atoms with Gasteiger partial charge in [0.25, 0.3) is 0 Å². The van der Waals surface area contributed by atoms with Crippen molar-refractivity contribution >= 4 is 28.6 Å². The molecule has 43 heavy (non-hydrogen) atoms. The van der Waals surface area contributed by atoms with Crippen molar-refractivity contribution in [1.82, 2.24) is 14.9 Å². The van der Waals surface area contributed by atoms with E-state index in [1.165, 1.54) is 0 Å². The number of methoxy groups -OCH3 is 1. The molecule has 0 aliphatic heterocycles. The lowest BCUT2D eigenvalue weighted by atomic mass is 9.91. The van der Waals surface area contributed by atoms with E-state index >= 15 is 0 Å². The summed E-state index contributed by atoms with van der Waals surface area (Å²) >= 11 is 0. The smallest absolute Gasteiger partial charge is 0.320 e. The van der Waals surface area contributed by atoms with E-state index in [0.717, 1.165) is 24.8 Å². The Bertz CT molecular complexity index is 1380. The quantitative estimate of drug-likeness (QED) is 0.213. The summed E-state index contributed by atoms with van der Waals surface area (Å²) in [6.07, 6.45) is 8.53. The summed E-state index contributed by atoms with van der Waals surface area (Å²) in [4.78, 5) is 48.4. The zero-order valence-electron chi connectivity index (χ0n) is 26.2. The molecule has 10 heteroatoms. The van der Waals surface area contributed by atoms with Gasteiger partial charge in [0.2, 0.25) is 11.8 Å². The van der Waals surface area contributed by atoms with Gasteiger partial charge >= 0.3 is 12.0 Å². The van der Waals surface area contributed by atoms with Gasteiger partial charge in [0, 0.05) is 25.1 Å². The Morgan fingerprint density at radius 3 is 2.51 bits per heavy atom. The first-order chi connectivity index (χ1) is 20.6. The Morgan fingerprint density at radius 2 is 1.88 bits per heavy atom. The van der Waals surface area contributed by atoms with Crippen LogP contribution < -0.4 is 14.2 Å². The number of ketones is 1. The van der Waals surface area contributed by atoms with E-state index in [2.05, 4.69) is 16.0 Å². The number of allylic oxidation sites excluding steroid dienone is 2. The van der Waals surface area contributed by atoms with Crippen molar-refractivity contribution in [2.24, 2.45) is 23.2 Å². The molecule has 2 aliphatic rings. The number of aliphatic carboxylic acids is 1. The number of nitrogens with zero attached hydrogens (tertiary/aromatic N) is 3. The number of hydrogen-bond acceptors (Lipinski definition) is 8.